The lowest BCUT2D eigenvalue weighted by Crippen LogP contribution is -2.42. The van der Waals surface area contributed by atoms with Gasteiger partial charge in [-0.25, -0.2) is 0 Å². The summed E-state index contributed by atoms with van der Waals surface area (Å²) in [7, 11) is 0. The Balaban J connectivity index is 1.76. The highest BCUT2D eigenvalue weighted by Gasteiger charge is 2.30. The average Bonchev–Trinajstić information content (AvgIpc) is 2.67. The number of carbonyl (C=O) groups excluding carboxylic acids is 2. The number of nitrogens with zero attached hydrogens (tertiary/aromatic N) is 2. The van der Waals surface area contributed by atoms with Gasteiger partial charge in [-0.1, -0.05) is 41.6 Å². The fourth-order valence-corrected chi connectivity index (χ4v) is 4.03. The van der Waals surface area contributed by atoms with Crippen molar-refractivity contribution in [2.24, 2.45) is 0 Å². The third kappa shape index (κ3) is 4.26. The molecule has 1 fully saturated rings. The second-order valence-corrected chi connectivity index (χ2v) is 7.34. The number of benzene rings is 1. The summed E-state index contributed by atoms with van der Waals surface area (Å²) in [6, 6.07) is 10.1. The largest absolute Gasteiger partial charge is 0.378 e. The van der Waals surface area contributed by atoms with Crippen molar-refractivity contribution in [1.82, 2.24) is 10.2 Å². The number of morpholine rings is 1. The monoisotopic (exact) mass is 371 g/mol. The van der Waals surface area contributed by atoms with Crippen LogP contribution in [-0.4, -0.2) is 48.8 Å². The van der Waals surface area contributed by atoms with Crippen molar-refractivity contribution in [2.75, 3.05) is 32.1 Å². The van der Waals surface area contributed by atoms with Gasteiger partial charge in [-0.15, -0.1) is 0 Å². The van der Waals surface area contributed by atoms with Gasteiger partial charge in [-0.3, -0.25) is 9.59 Å². The highest BCUT2D eigenvalue weighted by atomic mass is 32.2. The summed E-state index contributed by atoms with van der Waals surface area (Å²) in [6.45, 7) is 4.27. The number of aryl methyl sites for hydroxylation is 1. The third-order valence-electron chi connectivity index (χ3n) is 4.54. The van der Waals surface area contributed by atoms with Crippen molar-refractivity contribution in [2.45, 2.75) is 19.3 Å². The summed E-state index contributed by atoms with van der Waals surface area (Å²) < 4.78 is 5.25. The average molecular weight is 371 g/mol. The minimum atomic E-state index is -0.268. The topological polar surface area (TPSA) is 82.4 Å². The molecule has 2 aliphatic rings. The van der Waals surface area contributed by atoms with Crippen molar-refractivity contribution < 1.29 is 14.3 Å². The molecule has 3 rings (SSSR count). The standard InChI is InChI=1S/C19H21N3O3S/c1-13-2-4-14(5-3-13)15-10-17(23)21-19(16(15)11-20)26-12-18(24)22-6-8-25-9-7-22/h2-5,15H,6-10,12H2,1H3,(H,21,23)/t15-/m0/s1. The van der Waals surface area contributed by atoms with Gasteiger partial charge in [0.25, 0.3) is 0 Å². The molecule has 26 heavy (non-hydrogen) atoms. The van der Waals surface area contributed by atoms with Gasteiger partial charge < -0.3 is 15.0 Å². The van der Waals surface area contributed by atoms with E-state index in [4.69, 9.17) is 4.74 Å². The maximum absolute atomic E-state index is 12.3. The van der Waals surface area contributed by atoms with Crippen LogP contribution in [-0.2, 0) is 14.3 Å². The maximum Gasteiger partial charge on any atom is 0.233 e. The van der Waals surface area contributed by atoms with E-state index in [0.717, 1.165) is 11.1 Å². The number of allylic oxidation sites excluding steroid dienone is 1. The molecule has 2 aliphatic heterocycles. The summed E-state index contributed by atoms with van der Waals surface area (Å²) >= 11 is 1.23. The molecule has 7 heteroatoms. The first-order valence-electron chi connectivity index (χ1n) is 8.57. The Morgan fingerprint density at radius 1 is 1.35 bits per heavy atom. The molecule has 1 aromatic rings. The van der Waals surface area contributed by atoms with E-state index in [1.54, 1.807) is 4.90 Å². The first-order chi connectivity index (χ1) is 12.6. The van der Waals surface area contributed by atoms with E-state index < -0.39 is 0 Å². The maximum atomic E-state index is 12.3. The number of hydrogen-bond acceptors (Lipinski definition) is 5. The Labute approximate surface area is 157 Å². The zero-order valence-electron chi connectivity index (χ0n) is 14.7. The molecule has 0 unspecified atom stereocenters. The predicted octanol–water partition coefficient (Wildman–Crippen LogP) is 1.93. The van der Waals surface area contributed by atoms with E-state index in [-0.39, 0.29) is 29.9 Å². The van der Waals surface area contributed by atoms with Crippen LogP contribution in [0.4, 0.5) is 0 Å². The second-order valence-electron chi connectivity index (χ2n) is 6.35. The Bertz CT molecular complexity index is 761. The molecule has 0 aromatic heterocycles. The Morgan fingerprint density at radius 3 is 2.69 bits per heavy atom. The fraction of sp³-hybridized carbons (Fsp3) is 0.421. The third-order valence-corrected chi connectivity index (χ3v) is 5.54. The highest BCUT2D eigenvalue weighted by Crippen LogP contribution is 2.36. The molecule has 0 radical (unpaired) electrons. The minimum Gasteiger partial charge on any atom is -0.378 e. The number of amides is 2. The molecule has 6 nitrogen and oxygen atoms in total. The first-order valence-corrected chi connectivity index (χ1v) is 9.56. The van der Waals surface area contributed by atoms with Gasteiger partial charge in [-0.05, 0) is 12.5 Å². The molecule has 0 spiro atoms. The zero-order chi connectivity index (χ0) is 18.5. The van der Waals surface area contributed by atoms with E-state index in [2.05, 4.69) is 11.4 Å². The van der Waals surface area contributed by atoms with Gasteiger partial charge in [0.1, 0.15) is 0 Å². The quantitative estimate of drug-likeness (QED) is 0.874. The Morgan fingerprint density at radius 2 is 2.04 bits per heavy atom. The summed E-state index contributed by atoms with van der Waals surface area (Å²) in [4.78, 5) is 26.2. The van der Waals surface area contributed by atoms with E-state index in [9.17, 15) is 14.9 Å². The van der Waals surface area contributed by atoms with Crippen LogP contribution in [0.25, 0.3) is 0 Å². The van der Waals surface area contributed by atoms with Gasteiger partial charge in [0, 0.05) is 25.4 Å². The SMILES string of the molecule is Cc1ccc([C@@H]2CC(=O)NC(SCC(=O)N3CCOCC3)=C2C#N)cc1. The summed E-state index contributed by atoms with van der Waals surface area (Å²) in [5.74, 6) is -0.206. The lowest BCUT2D eigenvalue weighted by Gasteiger charge is -2.28. The van der Waals surface area contributed by atoms with Crippen LogP contribution in [0, 0.1) is 18.3 Å². The number of nitriles is 1. The smallest absolute Gasteiger partial charge is 0.233 e. The van der Waals surface area contributed by atoms with Crippen molar-refractivity contribution in [3.63, 3.8) is 0 Å². The molecular weight excluding hydrogens is 350 g/mol. The van der Waals surface area contributed by atoms with Gasteiger partial charge in [0.15, 0.2) is 0 Å². The van der Waals surface area contributed by atoms with Crippen LogP contribution in [0.1, 0.15) is 23.5 Å². The van der Waals surface area contributed by atoms with Crippen LogP contribution >= 0.6 is 11.8 Å². The molecule has 0 bridgehead atoms. The van der Waals surface area contributed by atoms with Gasteiger partial charge >= 0.3 is 0 Å². The summed E-state index contributed by atoms with van der Waals surface area (Å²) in [5, 5.41) is 12.9. The van der Waals surface area contributed by atoms with Crippen LogP contribution in [0.2, 0.25) is 0 Å². The van der Waals surface area contributed by atoms with Gasteiger partial charge in [0.05, 0.1) is 35.6 Å². The minimum absolute atomic E-state index is 0.00482. The zero-order valence-corrected chi connectivity index (χ0v) is 15.5. The molecule has 1 atom stereocenters. The molecule has 1 N–H and O–H groups in total. The van der Waals surface area contributed by atoms with E-state index in [1.165, 1.54) is 11.8 Å². The molecule has 2 amide bonds. The van der Waals surface area contributed by atoms with Crippen molar-refractivity contribution in [1.29, 1.82) is 5.26 Å². The highest BCUT2D eigenvalue weighted by molar-refractivity contribution is 8.03. The lowest BCUT2D eigenvalue weighted by molar-refractivity contribution is -0.132. The fourth-order valence-electron chi connectivity index (χ4n) is 3.05. The van der Waals surface area contributed by atoms with E-state index in [0.29, 0.717) is 36.9 Å². The van der Waals surface area contributed by atoms with Crippen molar-refractivity contribution >= 4 is 23.6 Å². The van der Waals surface area contributed by atoms with Gasteiger partial charge in [-0.2, -0.15) is 5.26 Å². The molecular formula is C19H21N3O3S. The lowest BCUT2D eigenvalue weighted by atomic mass is 9.87. The Hall–Kier alpha value is -2.30. The number of carbonyl (C=O) groups is 2. The number of ether oxygens (including phenoxy) is 1. The van der Waals surface area contributed by atoms with Crippen LogP contribution in [0.15, 0.2) is 34.9 Å². The normalized spacial score (nSPS) is 20.5. The molecule has 1 aromatic carbocycles. The molecule has 1 saturated heterocycles. The predicted molar refractivity (Wildman–Crippen MR) is 99.2 cm³/mol. The second kappa shape index (κ2) is 8.39. The molecule has 2 heterocycles. The number of hydrogen-bond donors (Lipinski definition) is 1. The molecule has 0 aliphatic carbocycles. The van der Waals surface area contributed by atoms with Crippen LogP contribution in [0.3, 0.4) is 0 Å². The Kier molecular flexibility index (Phi) is 5.96. The van der Waals surface area contributed by atoms with E-state index in [1.807, 2.05) is 31.2 Å². The van der Waals surface area contributed by atoms with E-state index >= 15 is 0 Å². The van der Waals surface area contributed by atoms with Crippen molar-refractivity contribution in [3.05, 3.63) is 46.0 Å². The first kappa shape index (κ1) is 18.5. The van der Waals surface area contributed by atoms with Crippen molar-refractivity contribution in [3.8, 4) is 6.07 Å². The van der Waals surface area contributed by atoms with Crippen LogP contribution in [0.5, 0.6) is 0 Å². The summed E-state index contributed by atoms with van der Waals surface area (Å²) in [6.07, 6.45) is 0.243. The number of nitrogens with one attached hydrogen (secondary N) is 1. The molecule has 0 saturated carbocycles. The summed E-state index contributed by atoms with van der Waals surface area (Å²) in [5.41, 5.74) is 2.59. The van der Waals surface area contributed by atoms with Crippen LogP contribution < -0.4 is 5.32 Å². The van der Waals surface area contributed by atoms with Gasteiger partial charge in [0.2, 0.25) is 11.8 Å². The number of thioether (sulfide) groups is 1. The number of rotatable bonds is 4. The molecule has 136 valence electrons.